The molecule has 1 aromatic rings. The predicted molar refractivity (Wildman–Crippen MR) is 74.7 cm³/mol. The number of nitro groups is 1. The van der Waals surface area contributed by atoms with Crippen LogP contribution in [-0.2, 0) is 0 Å². The van der Waals surface area contributed by atoms with Gasteiger partial charge in [0.15, 0.2) is 0 Å². The summed E-state index contributed by atoms with van der Waals surface area (Å²) in [5, 5.41) is 10.5. The van der Waals surface area contributed by atoms with Gasteiger partial charge in [0.1, 0.15) is 5.75 Å². The first-order valence-corrected chi connectivity index (χ1v) is 6.88. The number of unbranched alkanes of at least 4 members (excludes halogenated alkanes) is 1. The maximum Gasteiger partial charge on any atom is 0.269 e. The third-order valence-corrected chi connectivity index (χ3v) is 3.24. The van der Waals surface area contributed by atoms with Gasteiger partial charge in [-0.25, -0.2) is 0 Å². The molecule has 19 heavy (non-hydrogen) atoms. The molecule has 0 amide bonds. The van der Waals surface area contributed by atoms with Crippen LogP contribution in [0.3, 0.4) is 0 Å². The SMILES string of the molecule is CC[NH+](CC)CCCCOc1ccc([N+](=O)[O-])cc1. The number of hydrogen-bond acceptors (Lipinski definition) is 3. The molecule has 1 N–H and O–H groups in total. The summed E-state index contributed by atoms with van der Waals surface area (Å²) < 4.78 is 5.56. The fourth-order valence-corrected chi connectivity index (χ4v) is 1.93. The van der Waals surface area contributed by atoms with Gasteiger partial charge >= 0.3 is 0 Å². The molecule has 0 fully saturated rings. The lowest BCUT2D eigenvalue weighted by Gasteiger charge is -2.14. The Morgan fingerprint density at radius 1 is 1.16 bits per heavy atom. The third kappa shape index (κ3) is 5.70. The fraction of sp³-hybridized carbons (Fsp3) is 0.571. The number of benzene rings is 1. The second kappa shape index (κ2) is 8.48. The second-order valence-electron chi connectivity index (χ2n) is 4.51. The minimum Gasteiger partial charge on any atom is -0.494 e. The van der Waals surface area contributed by atoms with Crippen LogP contribution in [-0.4, -0.2) is 31.2 Å². The highest BCUT2D eigenvalue weighted by Crippen LogP contribution is 2.17. The van der Waals surface area contributed by atoms with E-state index in [-0.39, 0.29) is 5.69 Å². The first kappa shape index (κ1) is 15.4. The van der Waals surface area contributed by atoms with Gasteiger partial charge in [0.05, 0.1) is 31.2 Å². The first-order valence-electron chi connectivity index (χ1n) is 6.88. The van der Waals surface area contributed by atoms with Gasteiger partial charge in [-0.1, -0.05) is 0 Å². The van der Waals surface area contributed by atoms with E-state index in [9.17, 15) is 10.1 Å². The minimum absolute atomic E-state index is 0.0949. The molecule has 0 saturated carbocycles. The summed E-state index contributed by atoms with van der Waals surface area (Å²) in [6, 6.07) is 6.23. The van der Waals surface area contributed by atoms with Crippen molar-refractivity contribution in [1.29, 1.82) is 0 Å². The van der Waals surface area contributed by atoms with Gasteiger partial charge in [0, 0.05) is 12.1 Å². The second-order valence-corrected chi connectivity index (χ2v) is 4.51. The molecule has 0 bridgehead atoms. The number of nitrogens with one attached hydrogen (secondary N) is 1. The van der Waals surface area contributed by atoms with Crippen LogP contribution in [0.1, 0.15) is 26.7 Å². The molecule has 5 heteroatoms. The lowest BCUT2D eigenvalue weighted by molar-refractivity contribution is -0.896. The van der Waals surface area contributed by atoms with Crippen molar-refractivity contribution in [3.8, 4) is 5.75 Å². The Morgan fingerprint density at radius 3 is 2.32 bits per heavy atom. The molecule has 0 saturated heterocycles. The summed E-state index contributed by atoms with van der Waals surface area (Å²) >= 11 is 0. The smallest absolute Gasteiger partial charge is 0.269 e. The molecule has 106 valence electrons. The number of ether oxygens (including phenoxy) is 1. The number of rotatable bonds is 9. The van der Waals surface area contributed by atoms with Crippen LogP contribution in [0.4, 0.5) is 5.69 Å². The van der Waals surface area contributed by atoms with E-state index in [0.29, 0.717) is 12.4 Å². The van der Waals surface area contributed by atoms with E-state index >= 15 is 0 Å². The molecule has 1 aromatic carbocycles. The van der Waals surface area contributed by atoms with E-state index in [4.69, 9.17) is 4.74 Å². The van der Waals surface area contributed by atoms with Gasteiger partial charge in [0.2, 0.25) is 0 Å². The van der Waals surface area contributed by atoms with Gasteiger partial charge in [0.25, 0.3) is 5.69 Å². The summed E-state index contributed by atoms with van der Waals surface area (Å²) in [4.78, 5) is 11.7. The van der Waals surface area contributed by atoms with E-state index in [1.54, 1.807) is 17.0 Å². The number of quaternary nitrogens is 1. The quantitative estimate of drug-likeness (QED) is 0.421. The van der Waals surface area contributed by atoms with Crippen LogP contribution in [0.25, 0.3) is 0 Å². The molecule has 0 aliphatic heterocycles. The molecule has 0 heterocycles. The van der Waals surface area contributed by atoms with Crippen LogP contribution in [0.5, 0.6) is 5.75 Å². The zero-order valence-electron chi connectivity index (χ0n) is 11.7. The molecule has 0 radical (unpaired) electrons. The van der Waals surface area contributed by atoms with Crippen LogP contribution >= 0.6 is 0 Å². The topological polar surface area (TPSA) is 56.8 Å². The fourth-order valence-electron chi connectivity index (χ4n) is 1.93. The molecule has 0 aromatic heterocycles. The van der Waals surface area contributed by atoms with Crippen molar-refractivity contribution in [3.63, 3.8) is 0 Å². The molecule has 0 aliphatic carbocycles. The Morgan fingerprint density at radius 2 is 1.79 bits per heavy atom. The van der Waals surface area contributed by atoms with Gasteiger partial charge in [-0.15, -0.1) is 0 Å². The van der Waals surface area contributed by atoms with E-state index in [2.05, 4.69) is 13.8 Å². The number of non-ortho nitro benzene ring substituents is 1. The number of nitrogens with zero attached hydrogens (tertiary/aromatic N) is 1. The highest BCUT2D eigenvalue weighted by molar-refractivity contribution is 5.35. The van der Waals surface area contributed by atoms with Crippen molar-refractivity contribution < 1.29 is 14.6 Å². The summed E-state index contributed by atoms with van der Waals surface area (Å²) in [7, 11) is 0. The standard InChI is InChI=1S/C14H22N2O3/c1-3-15(4-2)11-5-6-12-19-14-9-7-13(8-10-14)16(17)18/h7-10H,3-6,11-12H2,1-2H3/p+1. The van der Waals surface area contributed by atoms with E-state index in [1.165, 1.54) is 31.8 Å². The zero-order valence-corrected chi connectivity index (χ0v) is 11.7. The van der Waals surface area contributed by atoms with Crippen molar-refractivity contribution in [3.05, 3.63) is 34.4 Å². The highest BCUT2D eigenvalue weighted by Gasteiger charge is 2.05. The monoisotopic (exact) mass is 267 g/mol. The van der Waals surface area contributed by atoms with Gasteiger partial charge in [-0.05, 0) is 38.8 Å². The molecule has 0 unspecified atom stereocenters. The maximum absolute atomic E-state index is 10.5. The van der Waals surface area contributed by atoms with Crippen molar-refractivity contribution in [2.75, 3.05) is 26.2 Å². The summed E-state index contributed by atoms with van der Waals surface area (Å²) in [5.74, 6) is 0.695. The first-order chi connectivity index (χ1) is 9.17. The van der Waals surface area contributed by atoms with Gasteiger partial charge in [-0.3, -0.25) is 10.1 Å². The average molecular weight is 267 g/mol. The van der Waals surface area contributed by atoms with Crippen LogP contribution < -0.4 is 9.64 Å². The van der Waals surface area contributed by atoms with Crippen LogP contribution in [0.15, 0.2) is 24.3 Å². The van der Waals surface area contributed by atoms with Gasteiger partial charge in [-0.2, -0.15) is 0 Å². The van der Waals surface area contributed by atoms with E-state index in [1.807, 2.05) is 0 Å². The summed E-state index contributed by atoms with van der Waals surface area (Å²) in [5.41, 5.74) is 0.0949. The Kier molecular flexibility index (Phi) is 6.89. The van der Waals surface area contributed by atoms with Crippen molar-refractivity contribution in [1.82, 2.24) is 0 Å². The molecule has 0 spiro atoms. The number of hydrogen-bond donors (Lipinski definition) is 1. The largest absolute Gasteiger partial charge is 0.494 e. The minimum atomic E-state index is -0.406. The molecular formula is C14H23N2O3+. The van der Waals surface area contributed by atoms with Crippen LogP contribution in [0.2, 0.25) is 0 Å². The third-order valence-electron chi connectivity index (χ3n) is 3.24. The zero-order chi connectivity index (χ0) is 14.1. The van der Waals surface area contributed by atoms with E-state index in [0.717, 1.165) is 12.8 Å². The number of nitro benzene ring substituents is 1. The molecule has 0 aliphatic rings. The lowest BCUT2D eigenvalue weighted by Crippen LogP contribution is -3.11. The van der Waals surface area contributed by atoms with Crippen molar-refractivity contribution in [2.24, 2.45) is 0 Å². The molecule has 1 rings (SSSR count). The molecular weight excluding hydrogens is 244 g/mol. The van der Waals surface area contributed by atoms with Crippen molar-refractivity contribution in [2.45, 2.75) is 26.7 Å². The summed E-state index contributed by atoms with van der Waals surface area (Å²) in [6.45, 7) is 8.58. The normalized spacial score (nSPS) is 10.7. The van der Waals surface area contributed by atoms with Crippen molar-refractivity contribution >= 4 is 5.69 Å². The Bertz CT molecular complexity index is 375. The van der Waals surface area contributed by atoms with Gasteiger partial charge < -0.3 is 9.64 Å². The Balaban J connectivity index is 2.20. The predicted octanol–water partition coefficient (Wildman–Crippen LogP) is 1.68. The highest BCUT2D eigenvalue weighted by atomic mass is 16.6. The summed E-state index contributed by atoms with van der Waals surface area (Å²) in [6.07, 6.45) is 2.16. The Labute approximate surface area is 114 Å². The lowest BCUT2D eigenvalue weighted by atomic mass is 10.3. The Hall–Kier alpha value is -1.62. The average Bonchev–Trinajstić information content (AvgIpc) is 2.43. The maximum atomic E-state index is 10.5. The van der Waals surface area contributed by atoms with Crippen LogP contribution in [0, 0.1) is 10.1 Å². The molecule has 0 atom stereocenters. The molecule has 5 nitrogen and oxygen atoms in total. The van der Waals surface area contributed by atoms with E-state index < -0.39 is 4.92 Å².